The normalized spacial score (nSPS) is 24.3. The van der Waals surface area contributed by atoms with Crippen molar-refractivity contribution >= 4 is 28.2 Å². The molecule has 2 aliphatic rings. The van der Waals surface area contributed by atoms with Crippen LogP contribution in [0.15, 0.2) is 0 Å². The lowest BCUT2D eigenvalue weighted by Crippen LogP contribution is -2.29. The standard InChI is InChI=1S/C14H22N4O2S/c1-20-6-5-16-14-17-12(15)11(21-14)13(19)18-7-9-3-2-4-10(9)8-18/h9-10H,2-8,15H2,1H3,(H,16,17). The Balaban J connectivity index is 1.64. The molecule has 2 heterocycles. The number of hydrogen-bond acceptors (Lipinski definition) is 6. The fourth-order valence-corrected chi connectivity index (χ4v) is 4.24. The number of nitrogen functional groups attached to an aromatic ring is 1. The molecule has 2 atom stereocenters. The lowest BCUT2D eigenvalue weighted by Gasteiger charge is -2.16. The number of aromatic nitrogens is 1. The first kappa shape index (κ1) is 14.6. The number of ether oxygens (including phenoxy) is 1. The molecule has 1 aliphatic carbocycles. The summed E-state index contributed by atoms with van der Waals surface area (Å²) in [4.78, 5) is 19.4. The number of carbonyl (C=O) groups excluding carboxylic acids is 1. The Morgan fingerprint density at radius 3 is 2.86 bits per heavy atom. The van der Waals surface area contributed by atoms with Crippen LogP contribution < -0.4 is 11.1 Å². The molecule has 7 heteroatoms. The van der Waals surface area contributed by atoms with E-state index < -0.39 is 0 Å². The molecule has 1 aromatic heterocycles. The van der Waals surface area contributed by atoms with Gasteiger partial charge in [-0.25, -0.2) is 4.98 Å². The van der Waals surface area contributed by atoms with Crippen LogP contribution in [0.3, 0.4) is 0 Å². The summed E-state index contributed by atoms with van der Waals surface area (Å²) < 4.78 is 4.98. The van der Waals surface area contributed by atoms with E-state index in [4.69, 9.17) is 10.5 Å². The van der Waals surface area contributed by atoms with Gasteiger partial charge in [-0.2, -0.15) is 0 Å². The second-order valence-electron chi connectivity index (χ2n) is 5.81. The Morgan fingerprint density at radius 1 is 1.48 bits per heavy atom. The maximum atomic E-state index is 12.6. The van der Waals surface area contributed by atoms with Crippen LogP contribution in [0.4, 0.5) is 10.9 Å². The Hall–Kier alpha value is -1.34. The summed E-state index contributed by atoms with van der Waals surface area (Å²) in [7, 11) is 1.65. The molecule has 0 spiro atoms. The molecule has 2 unspecified atom stereocenters. The molecule has 1 saturated heterocycles. The van der Waals surface area contributed by atoms with Gasteiger partial charge in [0.05, 0.1) is 6.61 Å². The SMILES string of the molecule is COCCNc1nc(N)c(C(=O)N2CC3CCCC3C2)s1. The van der Waals surface area contributed by atoms with Crippen molar-refractivity contribution in [1.29, 1.82) is 0 Å². The largest absolute Gasteiger partial charge is 0.383 e. The maximum absolute atomic E-state index is 12.6. The van der Waals surface area contributed by atoms with Gasteiger partial charge in [0, 0.05) is 26.7 Å². The average molecular weight is 310 g/mol. The minimum atomic E-state index is 0.0409. The van der Waals surface area contributed by atoms with Gasteiger partial charge in [0.2, 0.25) is 0 Å². The predicted molar refractivity (Wildman–Crippen MR) is 83.6 cm³/mol. The van der Waals surface area contributed by atoms with Crippen LogP contribution in [0.1, 0.15) is 28.9 Å². The Bertz CT molecular complexity index is 507. The van der Waals surface area contributed by atoms with Crippen molar-refractivity contribution < 1.29 is 9.53 Å². The first-order valence-corrected chi connectivity index (χ1v) is 8.29. The fourth-order valence-electron chi connectivity index (χ4n) is 3.37. The molecule has 1 aromatic rings. The zero-order valence-corrected chi connectivity index (χ0v) is 13.1. The van der Waals surface area contributed by atoms with E-state index in [-0.39, 0.29) is 5.91 Å². The molecule has 0 aromatic carbocycles. The number of thiazole rings is 1. The van der Waals surface area contributed by atoms with Crippen molar-refractivity contribution in [2.75, 3.05) is 44.4 Å². The first-order valence-electron chi connectivity index (χ1n) is 7.47. The van der Waals surface area contributed by atoms with Crippen molar-refractivity contribution in [3.05, 3.63) is 4.88 Å². The van der Waals surface area contributed by atoms with E-state index in [1.54, 1.807) is 7.11 Å². The quantitative estimate of drug-likeness (QED) is 0.808. The molecule has 3 rings (SSSR count). The number of fused-ring (bicyclic) bond motifs is 1. The second-order valence-corrected chi connectivity index (χ2v) is 6.81. The molecule has 116 valence electrons. The highest BCUT2D eigenvalue weighted by Crippen LogP contribution is 2.39. The monoisotopic (exact) mass is 310 g/mol. The number of nitrogens with one attached hydrogen (secondary N) is 1. The summed E-state index contributed by atoms with van der Waals surface area (Å²) in [6.45, 7) is 3.02. The average Bonchev–Trinajstić information content (AvgIpc) is 3.12. The van der Waals surface area contributed by atoms with E-state index in [0.29, 0.717) is 40.8 Å². The highest BCUT2D eigenvalue weighted by molar-refractivity contribution is 7.18. The van der Waals surface area contributed by atoms with Gasteiger partial charge in [0.25, 0.3) is 5.91 Å². The Morgan fingerprint density at radius 2 is 2.19 bits per heavy atom. The maximum Gasteiger partial charge on any atom is 0.267 e. The number of likely N-dealkylation sites (tertiary alicyclic amines) is 1. The van der Waals surface area contributed by atoms with Gasteiger partial charge in [0.1, 0.15) is 10.7 Å². The third-order valence-corrected chi connectivity index (χ3v) is 5.46. The van der Waals surface area contributed by atoms with Gasteiger partial charge >= 0.3 is 0 Å². The molecular formula is C14H22N4O2S. The van der Waals surface area contributed by atoms with Crippen LogP contribution in [-0.2, 0) is 4.74 Å². The van der Waals surface area contributed by atoms with Gasteiger partial charge in [-0.3, -0.25) is 4.79 Å². The molecule has 0 bridgehead atoms. The van der Waals surface area contributed by atoms with Gasteiger partial charge < -0.3 is 20.7 Å². The minimum absolute atomic E-state index is 0.0409. The predicted octanol–water partition coefficient (Wildman–Crippen LogP) is 1.66. The highest BCUT2D eigenvalue weighted by Gasteiger charge is 2.39. The third-order valence-electron chi connectivity index (χ3n) is 4.44. The van der Waals surface area contributed by atoms with E-state index >= 15 is 0 Å². The molecule has 1 amide bonds. The first-order chi connectivity index (χ1) is 10.2. The summed E-state index contributed by atoms with van der Waals surface area (Å²) in [5.41, 5.74) is 5.91. The minimum Gasteiger partial charge on any atom is -0.383 e. The fraction of sp³-hybridized carbons (Fsp3) is 0.714. The van der Waals surface area contributed by atoms with E-state index in [1.807, 2.05) is 4.90 Å². The van der Waals surface area contributed by atoms with Crippen molar-refractivity contribution in [2.45, 2.75) is 19.3 Å². The number of carbonyl (C=O) groups is 1. The second kappa shape index (κ2) is 6.19. The summed E-state index contributed by atoms with van der Waals surface area (Å²) in [6, 6.07) is 0. The molecule has 21 heavy (non-hydrogen) atoms. The van der Waals surface area contributed by atoms with E-state index in [1.165, 1.54) is 30.6 Å². The number of anilines is 2. The zero-order valence-electron chi connectivity index (χ0n) is 12.3. The third kappa shape index (κ3) is 2.98. The number of hydrogen-bond donors (Lipinski definition) is 2. The van der Waals surface area contributed by atoms with Crippen molar-refractivity contribution in [3.63, 3.8) is 0 Å². The van der Waals surface area contributed by atoms with E-state index in [0.717, 1.165) is 13.1 Å². The lowest BCUT2D eigenvalue weighted by molar-refractivity contribution is 0.0786. The lowest BCUT2D eigenvalue weighted by atomic mass is 10.0. The number of methoxy groups -OCH3 is 1. The smallest absolute Gasteiger partial charge is 0.267 e. The molecule has 1 aliphatic heterocycles. The van der Waals surface area contributed by atoms with E-state index in [9.17, 15) is 4.79 Å². The van der Waals surface area contributed by atoms with Gasteiger partial charge in [0.15, 0.2) is 5.13 Å². The van der Waals surface area contributed by atoms with Crippen molar-refractivity contribution in [1.82, 2.24) is 9.88 Å². The summed E-state index contributed by atoms with van der Waals surface area (Å²) >= 11 is 1.34. The molecule has 1 saturated carbocycles. The summed E-state index contributed by atoms with van der Waals surface area (Å²) in [5.74, 6) is 1.77. The number of nitrogens with two attached hydrogens (primary N) is 1. The van der Waals surface area contributed by atoms with Crippen LogP contribution in [0, 0.1) is 11.8 Å². The van der Waals surface area contributed by atoms with Crippen LogP contribution in [0.2, 0.25) is 0 Å². The highest BCUT2D eigenvalue weighted by atomic mass is 32.1. The van der Waals surface area contributed by atoms with Gasteiger partial charge in [-0.05, 0) is 24.7 Å². The van der Waals surface area contributed by atoms with Gasteiger partial charge in [-0.15, -0.1) is 0 Å². The van der Waals surface area contributed by atoms with Crippen LogP contribution >= 0.6 is 11.3 Å². The number of rotatable bonds is 5. The van der Waals surface area contributed by atoms with Crippen LogP contribution in [0.25, 0.3) is 0 Å². The Kier molecular flexibility index (Phi) is 4.30. The molecular weight excluding hydrogens is 288 g/mol. The van der Waals surface area contributed by atoms with Crippen LogP contribution in [0.5, 0.6) is 0 Å². The summed E-state index contributed by atoms with van der Waals surface area (Å²) in [5, 5.41) is 3.81. The molecule has 3 N–H and O–H groups in total. The van der Waals surface area contributed by atoms with Crippen LogP contribution in [-0.4, -0.2) is 49.1 Å². The molecule has 2 fully saturated rings. The van der Waals surface area contributed by atoms with Crippen molar-refractivity contribution in [3.8, 4) is 0 Å². The zero-order chi connectivity index (χ0) is 14.8. The van der Waals surface area contributed by atoms with Gasteiger partial charge in [-0.1, -0.05) is 17.8 Å². The summed E-state index contributed by atoms with van der Waals surface area (Å²) in [6.07, 6.45) is 3.83. The number of nitrogens with zero attached hydrogens (tertiary/aromatic N) is 2. The van der Waals surface area contributed by atoms with E-state index in [2.05, 4.69) is 10.3 Å². The molecule has 6 nitrogen and oxygen atoms in total. The Labute approximate surface area is 128 Å². The van der Waals surface area contributed by atoms with Crippen molar-refractivity contribution in [2.24, 2.45) is 11.8 Å². The molecule has 0 radical (unpaired) electrons. The topological polar surface area (TPSA) is 80.5 Å². The number of amides is 1.